The summed E-state index contributed by atoms with van der Waals surface area (Å²) < 4.78 is 0. The lowest BCUT2D eigenvalue weighted by Crippen LogP contribution is -2.15. The van der Waals surface area contributed by atoms with Gasteiger partial charge in [-0.3, -0.25) is 0 Å². The Labute approximate surface area is 81.0 Å². The Morgan fingerprint density at radius 3 is 2.54 bits per heavy atom. The first-order valence-corrected chi connectivity index (χ1v) is 5.31. The molecule has 0 bridgehead atoms. The summed E-state index contributed by atoms with van der Waals surface area (Å²) in [6.45, 7) is 4.65. The molecule has 0 fully saturated rings. The molecule has 70 valence electrons. The SMILES string of the molecule is CC(C)C1C=CCC2=C1CC=CC2. The van der Waals surface area contributed by atoms with Gasteiger partial charge in [0.25, 0.3) is 0 Å². The van der Waals surface area contributed by atoms with Crippen molar-refractivity contribution in [3.8, 4) is 0 Å². The van der Waals surface area contributed by atoms with Gasteiger partial charge in [-0.2, -0.15) is 0 Å². The van der Waals surface area contributed by atoms with E-state index in [1.807, 2.05) is 0 Å². The molecular weight excluding hydrogens is 156 g/mol. The van der Waals surface area contributed by atoms with Crippen LogP contribution in [0.3, 0.4) is 0 Å². The van der Waals surface area contributed by atoms with Gasteiger partial charge in [0.2, 0.25) is 0 Å². The fraction of sp³-hybridized carbons (Fsp3) is 0.538. The summed E-state index contributed by atoms with van der Waals surface area (Å²) in [6.07, 6.45) is 13.0. The van der Waals surface area contributed by atoms with E-state index in [1.54, 1.807) is 11.1 Å². The third-order valence-corrected chi connectivity index (χ3v) is 3.15. The topological polar surface area (TPSA) is 0 Å². The Hall–Kier alpha value is -0.780. The van der Waals surface area contributed by atoms with E-state index >= 15 is 0 Å². The highest BCUT2D eigenvalue weighted by molar-refractivity contribution is 5.33. The van der Waals surface area contributed by atoms with Crippen molar-refractivity contribution in [2.75, 3.05) is 0 Å². The molecule has 0 heterocycles. The highest BCUT2D eigenvalue weighted by Gasteiger charge is 2.21. The van der Waals surface area contributed by atoms with E-state index in [0.717, 1.165) is 5.92 Å². The van der Waals surface area contributed by atoms with Gasteiger partial charge in [-0.1, -0.05) is 49.3 Å². The fourth-order valence-corrected chi connectivity index (χ4v) is 2.40. The minimum absolute atomic E-state index is 0.716. The summed E-state index contributed by atoms with van der Waals surface area (Å²) in [6, 6.07) is 0. The van der Waals surface area contributed by atoms with Gasteiger partial charge < -0.3 is 0 Å². The first-order valence-electron chi connectivity index (χ1n) is 5.31. The van der Waals surface area contributed by atoms with E-state index in [0.29, 0.717) is 5.92 Å². The Kier molecular flexibility index (Phi) is 2.39. The van der Waals surface area contributed by atoms with Crippen LogP contribution in [0.4, 0.5) is 0 Å². The molecule has 0 nitrogen and oxygen atoms in total. The third kappa shape index (κ3) is 1.63. The molecule has 0 spiro atoms. The summed E-state index contributed by atoms with van der Waals surface area (Å²) in [4.78, 5) is 0. The lowest BCUT2D eigenvalue weighted by atomic mass is 9.77. The summed E-state index contributed by atoms with van der Waals surface area (Å²) in [7, 11) is 0. The van der Waals surface area contributed by atoms with Crippen molar-refractivity contribution < 1.29 is 0 Å². The molecule has 0 N–H and O–H groups in total. The van der Waals surface area contributed by atoms with Crippen molar-refractivity contribution in [3.63, 3.8) is 0 Å². The van der Waals surface area contributed by atoms with Gasteiger partial charge in [0.15, 0.2) is 0 Å². The molecule has 0 heteroatoms. The van der Waals surface area contributed by atoms with E-state index in [4.69, 9.17) is 0 Å². The Balaban J connectivity index is 2.24. The maximum absolute atomic E-state index is 2.41. The van der Waals surface area contributed by atoms with Crippen LogP contribution in [0, 0.1) is 11.8 Å². The molecule has 2 rings (SSSR count). The minimum Gasteiger partial charge on any atom is -0.0841 e. The van der Waals surface area contributed by atoms with E-state index in [9.17, 15) is 0 Å². The van der Waals surface area contributed by atoms with Crippen molar-refractivity contribution in [1.82, 2.24) is 0 Å². The van der Waals surface area contributed by atoms with Gasteiger partial charge in [-0.05, 0) is 25.2 Å². The Morgan fingerprint density at radius 2 is 1.77 bits per heavy atom. The van der Waals surface area contributed by atoms with Gasteiger partial charge in [-0.15, -0.1) is 0 Å². The zero-order valence-electron chi connectivity index (χ0n) is 8.59. The van der Waals surface area contributed by atoms with E-state index in [2.05, 4.69) is 38.2 Å². The van der Waals surface area contributed by atoms with Crippen LogP contribution in [0.15, 0.2) is 35.5 Å². The van der Waals surface area contributed by atoms with Crippen LogP contribution in [0.5, 0.6) is 0 Å². The van der Waals surface area contributed by atoms with Crippen LogP contribution in [-0.2, 0) is 0 Å². The second-order valence-electron chi connectivity index (χ2n) is 4.41. The summed E-state index contributed by atoms with van der Waals surface area (Å²) in [5.74, 6) is 1.47. The van der Waals surface area contributed by atoms with Crippen LogP contribution < -0.4 is 0 Å². The standard InChI is InChI=1S/C13H18/c1-10(2)12-9-5-7-11-6-3-4-8-13(11)12/h3-5,9-10,12H,6-8H2,1-2H3. The number of hydrogen-bond donors (Lipinski definition) is 0. The van der Waals surface area contributed by atoms with Crippen molar-refractivity contribution in [1.29, 1.82) is 0 Å². The van der Waals surface area contributed by atoms with Gasteiger partial charge >= 0.3 is 0 Å². The second kappa shape index (κ2) is 3.53. The second-order valence-corrected chi connectivity index (χ2v) is 4.41. The monoisotopic (exact) mass is 174 g/mol. The molecule has 0 aliphatic heterocycles. The lowest BCUT2D eigenvalue weighted by Gasteiger charge is -2.28. The Bertz CT molecular complexity index is 272. The molecule has 0 saturated heterocycles. The molecule has 0 aromatic heterocycles. The molecule has 0 saturated carbocycles. The quantitative estimate of drug-likeness (QED) is 0.529. The normalized spacial score (nSPS) is 26.8. The van der Waals surface area contributed by atoms with Crippen molar-refractivity contribution in [3.05, 3.63) is 35.5 Å². The lowest BCUT2D eigenvalue weighted by molar-refractivity contribution is 0.505. The number of hydrogen-bond acceptors (Lipinski definition) is 0. The third-order valence-electron chi connectivity index (χ3n) is 3.15. The minimum atomic E-state index is 0.716. The molecule has 0 radical (unpaired) electrons. The van der Waals surface area contributed by atoms with Crippen LogP contribution >= 0.6 is 0 Å². The molecule has 1 atom stereocenters. The number of rotatable bonds is 1. The molecule has 2 aliphatic carbocycles. The largest absolute Gasteiger partial charge is 0.0841 e. The highest BCUT2D eigenvalue weighted by atomic mass is 14.3. The van der Waals surface area contributed by atoms with Crippen molar-refractivity contribution in [2.24, 2.45) is 11.8 Å². The highest BCUT2D eigenvalue weighted by Crippen LogP contribution is 2.36. The smallest absolute Gasteiger partial charge is 0.000588 e. The van der Waals surface area contributed by atoms with Crippen LogP contribution in [-0.4, -0.2) is 0 Å². The summed E-state index contributed by atoms with van der Waals surface area (Å²) in [5, 5.41) is 0. The van der Waals surface area contributed by atoms with E-state index in [1.165, 1.54) is 19.3 Å². The van der Waals surface area contributed by atoms with Crippen LogP contribution in [0.1, 0.15) is 33.1 Å². The predicted octanol–water partition coefficient (Wildman–Crippen LogP) is 3.87. The van der Waals surface area contributed by atoms with Gasteiger partial charge in [-0.25, -0.2) is 0 Å². The number of allylic oxidation sites excluding steroid dienone is 6. The van der Waals surface area contributed by atoms with Crippen LogP contribution in [0.25, 0.3) is 0 Å². The molecule has 0 aromatic rings. The maximum atomic E-state index is 2.41. The maximum Gasteiger partial charge on any atom is 0.000588 e. The van der Waals surface area contributed by atoms with Crippen molar-refractivity contribution >= 4 is 0 Å². The average Bonchev–Trinajstić information content (AvgIpc) is 2.17. The zero-order valence-corrected chi connectivity index (χ0v) is 8.59. The predicted molar refractivity (Wildman–Crippen MR) is 57.5 cm³/mol. The van der Waals surface area contributed by atoms with Gasteiger partial charge in [0.1, 0.15) is 0 Å². The summed E-state index contributed by atoms with van der Waals surface area (Å²) >= 11 is 0. The molecule has 0 aromatic carbocycles. The van der Waals surface area contributed by atoms with E-state index < -0.39 is 0 Å². The average molecular weight is 174 g/mol. The van der Waals surface area contributed by atoms with Gasteiger partial charge in [0.05, 0.1) is 0 Å². The van der Waals surface area contributed by atoms with Gasteiger partial charge in [0, 0.05) is 5.92 Å². The molecule has 13 heavy (non-hydrogen) atoms. The Morgan fingerprint density at radius 1 is 1.08 bits per heavy atom. The van der Waals surface area contributed by atoms with Crippen LogP contribution in [0.2, 0.25) is 0 Å². The molecule has 2 aliphatic rings. The zero-order chi connectivity index (χ0) is 9.26. The fourth-order valence-electron chi connectivity index (χ4n) is 2.40. The van der Waals surface area contributed by atoms with Crippen molar-refractivity contribution in [2.45, 2.75) is 33.1 Å². The first-order chi connectivity index (χ1) is 6.29. The molecule has 0 amide bonds. The molecular formula is C13H18. The first kappa shape index (κ1) is 8.80. The summed E-state index contributed by atoms with van der Waals surface area (Å²) in [5.41, 5.74) is 3.39. The van der Waals surface area contributed by atoms with E-state index in [-0.39, 0.29) is 0 Å². The molecule has 1 unspecified atom stereocenters.